The van der Waals surface area contributed by atoms with E-state index >= 15 is 0 Å². The average molecular weight is 570 g/mol. The fourth-order valence-electron chi connectivity index (χ4n) is 2.73. The number of ketones is 2. The van der Waals surface area contributed by atoms with E-state index in [2.05, 4.69) is 27.7 Å². The van der Waals surface area contributed by atoms with Crippen LogP contribution in [0.5, 0.6) is 0 Å². The number of Topliss-reactive ketones (excluding diaryl/α,β-unsaturated/α-hetero) is 2. The summed E-state index contributed by atoms with van der Waals surface area (Å²) >= 11 is -2.98. The zero-order chi connectivity index (χ0) is 19.6. The van der Waals surface area contributed by atoms with Gasteiger partial charge in [0.05, 0.1) is 0 Å². The first-order chi connectivity index (χ1) is 11.9. The Kier molecular flexibility index (Phi) is 22.1. The topological polar surface area (TPSA) is 43.4 Å². The second kappa shape index (κ2) is 19.7. The molecule has 0 radical (unpaired) electrons. The van der Waals surface area contributed by atoms with E-state index < -0.39 is 40.3 Å². The van der Waals surface area contributed by atoms with E-state index in [0.717, 1.165) is 0 Å². The summed E-state index contributed by atoms with van der Waals surface area (Å²) in [6.45, 7) is 11.8. The van der Waals surface area contributed by atoms with Crippen molar-refractivity contribution in [1.82, 2.24) is 0 Å². The molecule has 5 heteroatoms. The molecule has 0 aliphatic rings. The van der Waals surface area contributed by atoms with Crippen molar-refractivity contribution in [2.24, 2.45) is 0 Å². The number of carbonyl (C=O) groups excluding carboxylic acids is 2. The normalized spacial score (nSPS) is 11.4. The molecule has 0 aliphatic heterocycles. The Hall–Kier alpha value is 0.897. The van der Waals surface area contributed by atoms with Crippen molar-refractivity contribution < 1.29 is 11.0 Å². The molecule has 0 aromatic rings. The van der Waals surface area contributed by atoms with Gasteiger partial charge in [0, 0.05) is 13.8 Å². The molecule has 0 atom stereocenters. The fourth-order valence-corrected chi connectivity index (χ4v) is 37.7. The molecule has 0 N–H and O–H groups in total. The van der Waals surface area contributed by atoms with Gasteiger partial charge in [0.25, 0.3) is 0 Å². The summed E-state index contributed by atoms with van der Waals surface area (Å²) in [5.41, 5.74) is 0. The van der Waals surface area contributed by atoms with Gasteiger partial charge < -0.3 is 0 Å². The molecule has 0 aromatic heterocycles. The van der Waals surface area contributed by atoms with E-state index in [1.165, 1.54) is 83.0 Å². The molecule has 0 fully saturated rings. The van der Waals surface area contributed by atoms with Crippen molar-refractivity contribution in [3.8, 4) is 0 Å². The van der Waals surface area contributed by atoms with Crippen LogP contribution in [0.2, 0.25) is 17.7 Å². The van der Waals surface area contributed by atoms with Gasteiger partial charge in [-0.25, -0.2) is 0 Å². The molecule has 0 rings (SSSR count). The van der Waals surface area contributed by atoms with Gasteiger partial charge >= 0.3 is 139 Å². The van der Waals surface area contributed by atoms with Gasteiger partial charge in [0.1, 0.15) is 0 Å². The third-order valence-corrected chi connectivity index (χ3v) is 35.7. The molecule has 0 aromatic carbocycles. The summed E-state index contributed by atoms with van der Waals surface area (Å²) in [5.74, 6) is -0.759. The number of carbonyl (C=O) groups is 2. The van der Waals surface area contributed by atoms with Crippen molar-refractivity contribution in [1.29, 1.82) is 0 Å². The monoisotopic (exact) mass is 572 g/mol. The van der Waals surface area contributed by atoms with Crippen molar-refractivity contribution >= 4 is 51.9 Å². The number of rotatable bonds is 15. The van der Waals surface area contributed by atoms with E-state index in [1.807, 2.05) is 0 Å². The van der Waals surface area contributed by atoms with Gasteiger partial charge in [-0.1, -0.05) is 0 Å². The molecule has 150 valence electrons. The Morgan fingerprint density at radius 2 is 1.08 bits per heavy atom. The van der Waals surface area contributed by atoms with Gasteiger partial charge in [-0.05, 0) is 0 Å². The first kappa shape index (κ1) is 28.1. The minimum absolute atomic E-state index is 0.380. The Morgan fingerprint density at radius 3 is 1.36 bits per heavy atom. The van der Waals surface area contributed by atoms with Crippen LogP contribution in [0, 0.1) is 0 Å². The first-order valence-electron chi connectivity index (χ1n) is 10.5. The molecular formula is C20H44O3Sn2. The molecular weight excluding hydrogens is 526 g/mol. The quantitative estimate of drug-likeness (QED) is 0.142. The minimum atomic E-state index is -2.14. The second-order valence-corrected chi connectivity index (χ2v) is 27.7. The number of hydrogen-bond donors (Lipinski definition) is 0. The summed E-state index contributed by atoms with van der Waals surface area (Å²) in [5, 5.41) is 0. The van der Waals surface area contributed by atoms with E-state index in [1.54, 1.807) is 0 Å². The van der Waals surface area contributed by atoms with Crippen molar-refractivity contribution in [3.63, 3.8) is 0 Å². The van der Waals surface area contributed by atoms with Crippen LogP contribution in [-0.4, -0.2) is 51.9 Å². The van der Waals surface area contributed by atoms with Crippen LogP contribution in [0.3, 0.4) is 0 Å². The van der Waals surface area contributed by atoms with Gasteiger partial charge in [-0.15, -0.1) is 0 Å². The zero-order valence-electron chi connectivity index (χ0n) is 17.9. The molecule has 0 aliphatic carbocycles. The maximum absolute atomic E-state index is 9.79. The van der Waals surface area contributed by atoms with Gasteiger partial charge in [-0.2, -0.15) is 0 Å². The Morgan fingerprint density at radius 1 is 0.720 bits per heavy atom. The summed E-state index contributed by atoms with van der Waals surface area (Å²) < 4.78 is 13.0. The molecule has 0 unspecified atom stereocenters. The van der Waals surface area contributed by atoms with Crippen LogP contribution in [-0.2, 0) is 11.0 Å². The van der Waals surface area contributed by atoms with Crippen molar-refractivity contribution in [2.75, 3.05) is 0 Å². The average Bonchev–Trinajstić information content (AvgIpc) is 2.60. The zero-order valence-corrected chi connectivity index (χ0v) is 24.8. The fraction of sp³-hybridized carbons (Fsp3) is 0.900. The van der Waals surface area contributed by atoms with Crippen LogP contribution in [0.25, 0.3) is 0 Å². The van der Waals surface area contributed by atoms with E-state index in [-0.39, 0.29) is 11.6 Å². The van der Waals surface area contributed by atoms with Gasteiger partial charge in [-0.3, -0.25) is 9.59 Å². The van der Waals surface area contributed by atoms with Crippen LogP contribution >= 0.6 is 0 Å². The Labute approximate surface area is 172 Å². The van der Waals surface area contributed by atoms with E-state index in [4.69, 9.17) is 1.41 Å². The molecule has 0 spiro atoms. The van der Waals surface area contributed by atoms with Crippen LogP contribution in [0.15, 0.2) is 0 Å². The Bertz CT molecular complexity index is 299. The standard InChI is InChI=1S/C4H6O2.4C4H9.O.2Sn.2H/c1-3(5)4(2)6;4*1-3-4-2;;;;;/h1-2H3;4*1,3-4H2,2H3;;;;;. The Balaban J connectivity index is 0. The van der Waals surface area contributed by atoms with Crippen molar-refractivity contribution in [3.05, 3.63) is 0 Å². The number of unbranched alkanes of at least 4 members (excludes halogenated alkanes) is 4. The van der Waals surface area contributed by atoms with E-state index in [9.17, 15) is 9.59 Å². The SMILES string of the molecule is CC(=O)C(C)=O.CCC[CH2][SnH2][O][Sn]([CH2]CCC)([CH2]CCC)[CH2]CCC. The number of hydrogen-bond acceptors (Lipinski definition) is 3. The van der Waals surface area contributed by atoms with E-state index in [0.29, 0.717) is 0 Å². The summed E-state index contributed by atoms with van der Waals surface area (Å²) in [6.07, 6.45) is 11.2. The predicted octanol–water partition coefficient (Wildman–Crippen LogP) is 5.82. The van der Waals surface area contributed by atoms with Crippen LogP contribution in [0.1, 0.15) is 92.9 Å². The van der Waals surface area contributed by atoms with Crippen LogP contribution in [0.4, 0.5) is 0 Å². The molecule has 3 nitrogen and oxygen atoms in total. The molecule has 0 heterocycles. The van der Waals surface area contributed by atoms with Gasteiger partial charge in [0.2, 0.25) is 0 Å². The second-order valence-electron chi connectivity index (χ2n) is 7.16. The van der Waals surface area contributed by atoms with Gasteiger partial charge in [0.15, 0.2) is 11.6 Å². The molecule has 25 heavy (non-hydrogen) atoms. The maximum atomic E-state index is 9.79. The summed E-state index contributed by atoms with van der Waals surface area (Å²) in [4.78, 5) is 19.6. The molecule has 0 amide bonds. The molecule has 0 saturated carbocycles. The summed E-state index contributed by atoms with van der Waals surface area (Å²) in [6, 6.07) is 0. The third kappa shape index (κ3) is 18.0. The predicted molar refractivity (Wildman–Crippen MR) is 116 cm³/mol. The van der Waals surface area contributed by atoms with Crippen LogP contribution < -0.4 is 0 Å². The summed E-state index contributed by atoms with van der Waals surface area (Å²) in [7, 11) is 0. The molecule has 0 saturated heterocycles. The molecule has 0 bridgehead atoms. The van der Waals surface area contributed by atoms with Crippen molar-refractivity contribution in [2.45, 2.75) is 111 Å². The third-order valence-electron chi connectivity index (χ3n) is 4.61. The first-order valence-corrected chi connectivity index (χ1v) is 22.3.